The molecule has 0 aliphatic heterocycles. The van der Waals surface area contributed by atoms with Crippen LogP contribution < -0.4 is 10.6 Å². The van der Waals surface area contributed by atoms with Crippen molar-refractivity contribution in [1.82, 2.24) is 15.0 Å². The van der Waals surface area contributed by atoms with Gasteiger partial charge in [0.1, 0.15) is 17.2 Å². The second kappa shape index (κ2) is 5.41. The van der Waals surface area contributed by atoms with E-state index in [0.717, 1.165) is 11.6 Å². The van der Waals surface area contributed by atoms with Crippen LogP contribution in [0.4, 0.5) is 21.7 Å². The summed E-state index contributed by atoms with van der Waals surface area (Å²) in [6, 6.07) is 4.40. The van der Waals surface area contributed by atoms with Crippen molar-refractivity contribution in [2.45, 2.75) is 6.92 Å². The second-order valence-electron chi connectivity index (χ2n) is 5.03. The summed E-state index contributed by atoms with van der Waals surface area (Å²) in [6.07, 6.45) is 1.52. The standard InChI is InChI=1S/C15H12ClFN6/c1-7-11-12(21-6-20-11)14(19)22-15(7)23(2)13-9(16)3-8(5-18)4-10(13)17/h3-4,6H,1-2H3,(H2,19,22)(H,20,21). The number of benzene rings is 1. The van der Waals surface area contributed by atoms with Crippen LogP contribution in [-0.2, 0) is 0 Å². The third kappa shape index (κ3) is 2.33. The SMILES string of the molecule is Cc1c(N(C)c2c(F)cc(C#N)cc2Cl)nc(N)c2[nH]cnc12. The summed E-state index contributed by atoms with van der Waals surface area (Å²) in [4.78, 5) is 13.0. The van der Waals surface area contributed by atoms with Crippen molar-refractivity contribution < 1.29 is 4.39 Å². The summed E-state index contributed by atoms with van der Waals surface area (Å²) in [5, 5.41) is 9.00. The molecule has 2 aromatic heterocycles. The van der Waals surface area contributed by atoms with E-state index in [1.807, 2.05) is 13.0 Å². The van der Waals surface area contributed by atoms with Crippen molar-refractivity contribution in [3.8, 4) is 6.07 Å². The minimum atomic E-state index is -0.613. The average molecular weight is 331 g/mol. The Bertz CT molecular complexity index is 935. The first-order valence-corrected chi connectivity index (χ1v) is 7.04. The number of nitrogens with two attached hydrogens (primary N) is 1. The van der Waals surface area contributed by atoms with Crippen molar-refractivity contribution in [2.24, 2.45) is 0 Å². The molecule has 2 heterocycles. The van der Waals surface area contributed by atoms with E-state index in [1.54, 1.807) is 7.05 Å². The monoisotopic (exact) mass is 330 g/mol. The molecule has 0 spiro atoms. The van der Waals surface area contributed by atoms with Gasteiger partial charge in [-0.3, -0.25) is 0 Å². The van der Waals surface area contributed by atoms with Gasteiger partial charge in [-0.2, -0.15) is 5.26 Å². The van der Waals surface area contributed by atoms with Crippen LogP contribution in [0.25, 0.3) is 11.0 Å². The maximum Gasteiger partial charge on any atom is 0.151 e. The third-order valence-electron chi connectivity index (χ3n) is 3.61. The molecule has 116 valence electrons. The van der Waals surface area contributed by atoms with Crippen LogP contribution in [0.2, 0.25) is 5.02 Å². The molecule has 0 atom stereocenters. The molecule has 0 bridgehead atoms. The quantitative estimate of drug-likeness (QED) is 0.752. The molecule has 3 N–H and O–H groups in total. The van der Waals surface area contributed by atoms with Gasteiger partial charge < -0.3 is 15.6 Å². The summed E-state index contributed by atoms with van der Waals surface area (Å²) < 4.78 is 14.4. The second-order valence-corrected chi connectivity index (χ2v) is 5.44. The highest BCUT2D eigenvalue weighted by atomic mass is 35.5. The number of fused-ring (bicyclic) bond motifs is 1. The first-order valence-electron chi connectivity index (χ1n) is 6.66. The van der Waals surface area contributed by atoms with Gasteiger partial charge in [0.25, 0.3) is 0 Å². The lowest BCUT2D eigenvalue weighted by atomic mass is 10.1. The zero-order valence-corrected chi connectivity index (χ0v) is 13.1. The molecule has 0 radical (unpaired) electrons. The van der Waals surface area contributed by atoms with E-state index >= 15 is 0 Å². The van der Waals surface area contributed by atoms with Gasteiger partial charge >= 0.3 is 0 Å². The Balaban J connectivity index is 2.20. The fourth-order valence-corrected chi connectivity index (χ4v) is 2.85. The number of aromatic amines is 1. The number of aromatic nitrogens is 3. The number of hydrogen-bond acceptors (Lipinski definition) is 5. The first-order chi connectivity index (χ1) is 10.9. The number of aryl methyl sites for hydroxylation is 1. The number of imidazole rings is 1. The van der Waals surface area contributed by atoms with Gasteiger partial charge in [-0.15, -0.1) is 0 Å². The number of nitrogens with one attached hydrogen (secondary N) is 1. The molecule has 0 saturated heterocycles. The topological polar surface area (TPSA) is 94.6 Å². The van der Waals surface area contributed by atoms with Gasteiger partial charge in [-0.25, -0.2) is 14.4 Å². The highest BCUT2D eigenvalue weighted by Crippen LogP contribution is 2.36. The zero-order chi connectivity index (χ0) is 16.7. The van der Waals surface area contributed by atoms with Gasteiger partial charge in [0.2, 0.25) is 0 Å². The smallest absolute Gasteiger partial charge is 0.151 e. The first kappa shape index (κ1) is 15.1. The summed E-state index contributed by atoms with van der Waals surface area (Å²) in [5.41, 5.74) is 8.22. The van der Waals surface area contributed by atoms with Crippen LogP contribution >= 0.6 is 11.6 Å². The van der Waals surface area contributed by atoms with Crippen molar-refractivity contribution >= 4 is 40.0 Å². The fourth-order valence-electron chi connectivity index (χ4n) is 2.52. The van der Waals surface area contributed by atoms with Gasteiger partial charge in [0.05, 0.1) is 34.2 Å². The molecule has 0 saturated carbocycles. The van der Waals surface area contributed by atoms with E-state index in [2.05, 4.69) is 15.0 Å². The van der Waals surface area contributed by atoms with E-state index in [-0.39, 0.29) is 22.1 Å². The predicted octanol–water partition coefficient (Wildman–Crippen LogP) is 3.28. The molecule has 6 nitrogen and oxygen atoms in total. The highest BCUT2D eigenvalue weighted by molar-refractivity contribution is 6.33. The summed E-state index contributed by atoms with van der Waals surface area (Å²) >= 11 is 6.13. The average Bonchev–Trinajstić information content (AvgIpc) is 3.00. The number of H-pyrrole nitrogens is 1. The van der Waals surface area contributed by atoms with Crippen LogP contribution in [0.3, 0.4) is 0 Å². The number of nitrogens with zero attached hydrogens (tertiary/aromatic N) is 4. The molecule has 0 unspecified atom stereocenters. The summed E-state index contributed by atoms with van der Waals surface area (Å²) in [6.45, 7) is 1.82. The maximum absolute atomic E-state index is 14.4. The zero-order valence-electron chi connectivity index (χ0n) is 12.4. The summed E-state index contributed by atoms with van der Waals surface area (Å²) in [5.74, 6) is 0.0844. The molecule has 0 fully saturated rings. The Morgan fingerprint density at radius 1 is 1.43 bits per heavy atom. The molecule has 8 heteroatoms. The fraction of sp³-hybridized carbons (Fsp3) is 0.133. The van der Waals surface area contributed by atoms with Crippen molar-refractivity contribution in [2.75, 3.05) is 17.7 Å². The predicted molar refractivity (Wildman–Crippen MR) is 87.2 cm³/mol. The minimum Gasteiger partial charge on any atom is -0.382 e. The van der Waals surface area contributed by atoms with E-state index in [1.165, 1.54) is 17.3 Å². The van der Waals surface area contributed by atoms with Gasteiger partial charge in [0, 0.05) is 12.6 Å². The van der Waals surface area contributed by atoms with Gasteiger partial charge in [0.15, 0.2) is 5.82 Å². The lowest BCUT2D eigenvalue weighted by molar-refractivity contribution is 0.627. The van der Waals surface area contributed by atoms with Crippen LogP contribution in [-0.4, -0.2) is 22.0 Å². The van der Waals surface area contributed by atoms with Crippen LogP contribution in [0, 0.1) is 24.1 Å². The molecular formula is C15H12ClFN6. The Morgan fingerprint density at radius 2 is 2.17 bits per heavy atom. The minimum absolute atomic E-state index is 0.117. The molecule has 23 heavy (non-hydrogen) atoms. The Kier molecular flexibility index (Phi) is 3.54. The lowest BCUT2D eigenvalue weighted by Gasteiger charge is -2.22. The van der Waals surface area contributed by atoms with Crippen molar-refractivity contribution in [1.29, 1.82) is 5.26 Å². The molecule has 0 amide bonds. The lowest BCUT2D eigenvalue weighted by Crippen LogP contribution is -2.16. The molecule has 0 aliphatic carbocycles. The number of hydrogen-bond donors (Lipinski definition) is 2. The van der Waals surface area contributed by atoms with Crippen LogP contribution in [0.5, 0.6) is 0 Å². The van der Waals surface area contributed by atoms with Gasteiger partial charge in [-0.1, -0.05) is 11.6 Å². The number of anilines is 3. The number of halogens is 2. The van der Waals surface area contributed by atoms with Crippen molar-refractivity contribution in [3.05, 3.63) is 40.4 Å². The highest BCUT2D eigenvalue weighted by Gasteiger charge is 2.20. The van der Waals surface area contributed by atoms with E-state index < -0.39 is 5.82 Å². The number of rotatable bonds is 2. The molecule has 3 rings (SSSR count). The Hall–Kier alpha value is -2.85. The largest absolute Gasteiger partial charge is 0.382 e. The molecule has 3 aromatic rings. The normalized spacial score (nSPS) is 10.7. The molecule has 0 aliphatic rings. The van der Waals surface area contributed by atoms with Gasteiger partial charge in [-0.05, 0) is 19.1 Å². The number of pyridine rings is 1. The van der Waals surface area contributed by atoms with E-state index in [4.69, 9.17) is 22.6 Å². The van der Waals surface area contributed by atoms with E-state index in [9.17, 15) is 4.39 Å². The van der Waals surface area contributed by atoms with E-state index in [0.29, 0.717) is 16.9 Å². The number of nitriles is 1. The summed E-state index contributed by atoms with van der Waals surface area (Å²) in [7, 11) is 1.63. The van der Waals surface area contributed by atoms with Crippen LogP contribution in [0.1, 0.15) is 11.1 Å². The maximum atomic E-state index is 14.4. The molecule has 1 aromatic carbocycles. The van der Waals surface area contributed by atoms with Crippen molar-refractivity contribution in [3.63, 3.8) is 0 Å². The Labute approximate surface area is 136 Å². The Morgan fingerprint density at radius 3 is 2.83 bits per heavy atom. The third-order valence-corrected chi connectivity index (χ3v) is 3.90. The van der Waals surface area contributed by atoms with Crippen LogP contribution in [0.15, 0.2) is 18.5 Å². The number of nitrogen functional groups attached to an aromatic ring is 1. The molecular weight excluding hydrogens is 319 g/mol.